The Morgan fingerprint density at radius 3 is 2.33 bits per heavy atom. The number of amides is 1. The number of hydrogen-bond acceptors (Lipinski definition) is 3. The Kier molecular flexibility index (Phi) is 4.70. The minimum Gasteiger partial charge on any atom is -0.368 e. The molecule has 0 aliphatic carbocycles. The SMILES string of the molecule is CN(Cc1ccc(C#N)cc1)[C@@H](C(N)=O)c1ccccc1. The fraction of sp³-hybridized carbons (Fsp3) is 0.176. The number of nitrogens with two attached hydrogens (primary N) is 1. The van der Waals surface area contributed by atoms with Gasteiger partial charge in [0.25, 0.3) is 0 Å². The van der Waals surface area contributed by atoms with Crippen molar-refractivity contribution in [3.63, 3.8) is 0 Å². The highest BCUT2D eigenvalue weighted by molar-refractivity contribution is 5.81. The van der Waals surface area contributed by atoms with Gasteiger partial charge >= 0.3 is 0 Å². The van der Waals surface area contributed by atoms with Gasteiger partial charge in [-0.1, -0.05) is 42.5 Å². The van der Waals surface area contributed by atoms with Crippen molar-refractivity contribution in [3.8, 4) is 6.07 Å². The number of carbonyl (C=O) groups excluding carboxylic acids is 1. The minimum absolute atomic E-state index is 0.377. The second-order valence-electron chi connectivity index (χ2n) is 4.94. The van der Waals surface area contributed by atoms with Crippen molar-refractivity contribution in [3.05, 3.63) is 71.3 Å². The number of hydrogen-bond donors (Lipinski definition) is 1. The molecule has 1 atom stereocenters. The summed E-state index contributed by atoms with van der Waals surface area (Å²) in [6.07, 6.45) is 0. The van der Waals surface area contributed by atoms with Crippen LogP contribution in [0.25, 0.3) is 0 Å². The van der Waals surface area contributed by atoms with Crippen LogP contribution in [0, 0.1) is 11.3 Å². The van der Waals surface area contributed by atoms with E-state index >= 15 is 0 Å². The predicted octanol–water partition coefficient (Wildman–Crippen LogP) is 2.22. The van der Waals surface area contributed by atoms with Gasteiger partial charge in [0.2, 0.25) is 5.91 Å². The molecule has 21 heavy (non-hydrogen) atoms. The van der Waals surface area contributed by atoms with Crippen molar-refractivity contribution in [2.45, 2.75) is 12.6 Å². The first-order valence-corrected chi connectivity index (χ1v) is 6.65. The van der Waals surface area contributed by atoms with Gasteiger partial charge in [-0.15, -0.1) is 0 Å². The van der Waals surface area contributed by atoms with Gasteiger partial charge in [-0.2, -0.15) is 5.26 Å². The summed E-state index contributed by atoms with van der Waals surface area (Å²) >= 11 is 0. The van der Waals surface area contributed by atoms with E-state index in [0.29, 0.717) is 12.1 Å². The van der Waals surface area contributed by atoms with E-state index in [9.17, 15) is 4.79 Å². The summed E-state index contributed by atoms with van der Waals surface area (Å²) in [5, 5.41) is 8.80. The lowest BCUT2D eigenvalue weighted by molar-refractivity contribution is -0.123. The Morgan fingerprint density at radius 1 is 1.19 bits per heavy atom. The molecule has 2 N–H and O–H groups in total. The molecule has 0 unspecified atom stereocenters. The molecule has 2 aromatic rings. The molecule has 0 saturated heterocycles. The third-order valence-electron chi connectivity index (χ3n) is 3.34. The van der Waals surface area contributed by atoms with E-state index in [1.165, 1.54) is 0 Å². The van der Waals surface area contributed by atoms with Gasteiger partial charge in [-0.3, -0.25) is 9.69 Å². The monoisotopic (exact) mass is 279 g/mol. The second kappa shape index (κ2) is 6.69. The summed E-state index contributed by atoms with van der Waals surface area (Å²) in [6.45, 7) is 0.578. The van der Waals surface area contributed by atoms with Crippen LogP contribution >= 0.6 is 0 Å². The topological polar surface area (TPSA) is 70.1 Å². The number of rotatable bonds is 5. The van der Waals surface area contributed by atoms with Gasteiger partial charge in [0, 0.05) is 6.54 Å². The van der Waals surface area contributed by atoms with Crippen LogP contribution < -0.4 is 5.73 Å². The van der Waals surface area contributed by atoms with Crippen LogP contribution in [0.3, 0.4) is 0 Å². The van der Waals surface area contributed by atoms with E-state index in [-0.39, 0.29) is 5.91 Å². The highest BCUT2D eigenvalue weighted by atomic mass is 16.1. The van der Waals surface area contributed by atoms with Gasteiger partial charge < -0.3 is 5.73 Å². The summed E-state index contributed by atoms with van der Waals surface area (Å²) in [5.74, 6) is -0.377. The fourth-order valence-corrected chi connectivity index (χ4v) is 2.34. The first-order chi connectivity index (χ1) is 10.1. The van der Waals surface area contributed by atoms with Crippen molar-refractivity contribution >= 4 is 5.91 Å². The van der Waals surface area contributed by atoms with Crippen molar-refractivity contribution in [2.75, 3.05) is 7.05 Å². The number of benzene rings is 2. The average molecular weight is 279 g/mol. The molecule has 0 fully saturated rings. The smallest absolute Gasteiger partial charge is 0.239 e. The third kappa shape index (κ3) is 3.68. The predicted molar refractivity (Wildman–Crippen MR) is 81.0 cm³/mol. The first kappa shape index (κ1) is 14.8. The largest absolute Gasteiger partial charge is 0.368 e. The molecule has 0 radical (unpaired) electrons. The second-order valence-corrected chi connectivity index (χ2v) is 4.94. The van der Waals surface area contributed by atoms with Gasteiger partial charge in [0.05, 0.1) is 11.6 Å². The summed E-state index contributed by atoms with van der Waals surface area (Å²) < 4.78 is 0. The van der Waals surface area contributed by atoms with Gasteiger partial charge in [0.1, 0.15) is 6.04 Å². The molecule has 0 saturated carbocycles. The van der Waals surface area contributed by atoms with E-state index in [1.807, 2.05) is 54.4 Å². The van der Waals surface area contributed by atoms with Crippen LogP contribution in [-0.4, -0.2) is 17.9 Å². The van der Waals surface area contributed by atoms with Crippen LogP contribution in [0.2, 0.25) is 0 Å². The highest BCUT2D eigenvalue weighted by Gasteiger charge is 2.22. The zero-order valence-corrected chi connectivity index (χ0v) is 11.9. The maximum atomic E-state index is 11.8. The maximum absolute atomic E-state index is 11.8. The minimum atomic E-state index is -0.471. The molecule has 0 aliphatic heterocycles. The molecule has 2 aromatic carbocycles. The Hall–Kier alpha value is -2.64. The zero-order chi connectivity index (χ0) is 15.2. The average Bonchev–Trinajstić information content (AvgIpc) is 2.49. The summed E-state index contributed by atoms with van der Waals surface area (Å²) in [7, 11) is 1.86. The highest BCUT2D eigenvalue weighted by Crippen LogP contribution is 2.21. The lowest BCUT2D eigenvalue weighted by Gasteiger charge is -2.26. The van der Waals surface area contributed by atoms with Crippen molar-refractivity contribution in [2.24, 2.45) is 5.73 Å². The van der Waals surface area contributed by atoms with Crippen LogP contribution in [0.5, 0.6) is 0 Å². The first-order valence-electron chi connectivity index (χ1n) is 6.65. The van der Waals surface area contributed by atoms with Crippen molar-refractivity contribution in [1.29, 1.82) is 5.26 Å². The Bertz CT molecular complexity index is 644. The Balaban J connectivity index is 2.17. The van der Waals surface area contributed by atoms with Crippen molar-refractivity contribution < 1.29 is 4.79 Å². The number of carbonyl (C=O) groups is 1. The van der Waals surface area contributed by atoms with Crippen LogP contribution in [0.1, 0.15) is 22.7 Å². The van der Waals surface area contributed by atoms with Gasteiger partial charge in [0.15, 0.2) is 0 Å². The maximum Gasteiger partial charge on any atom is 0.239 e. The lowest BCUT2D eigenvalue weighted by atomic mass is 10.0. The molecule has 0 aliphatic rings. The molecule has 0 spiro atoms. The molecule has 0 heterocycles. The molecular formula is C17H17N3O. The molecule has 4 heteroatoms. The van der Waals surface area contributed by atoms with E-state index in [1.54, 1.807) is 12.1 Å². The van der Waals surface area contributed by atoms with Crippen LogP contribution in [0.15, 0.2) is 54.6 Å². The fourth-order valence-electron chi connectivity index (χ4n) is 2.34. The Labute approximate surface area is 124 Å². The molecule has 4 nitrogen and oxygen atoms in total. The lowest BCUT2D eigenvalue weighted by Crippen LogP contribution is -2.34. The van der Waals surface area contributed by atoms with Gasteiger partial charge in [-0.05, 0) is 30.3 Å². The molecular weight excluding hydrogens is 262 g/mol. The zero-order valence-electron chi connectivity index (χ0n) is 11.9. The molecule has 0 bridgehead atoms. The third-order valence-corrected chi connectivity index (χ3v) is 3.34. The Morgan fingerprint density at radius 2 is 1.81 bits per heavy atom. The molecule has 106 valence electrons. The standard InChI is InChI=1S/C17H17N3O/c1-20(12-14-9-7-13(11-18)8-10-14)16(17(19)21)15-5-3-2-4-6-15/h2-10,16H,12H2,1H3,(H2,19,21)/t16-/m1/s1. The normalized spacial score (nSPS) is 11.9. The molecule has 2 rings (SSSR count). The van der Waals surface area contributed by atoms with E-state index in [0.717, 1.165) is 11.1 Å². The number of nitriles is 1. The van der Waals surface area contributed by atoms with Crippen LogP contribution in [0.4, 0.5) is 0 Å². The molecule has 0 aromatic heterocycles. The van der Waals surface area contributed by atoms with Crippen LogP contribution in [-0.2, 0) is 11.3 Å². The van der Waals surface area contributed by atoms with Gasteiger partial charge in [-0.25, -0.2) is 0 Å². The van der Waals surface area contributed by atoms with E-state index in [2.05, 4.69) is 6.07 Å². The summed E-state index contributed by atoms with van der Waals surface area (Å²) in [4.78, 5) is 13.7. The quantitative estimate of drug-likeness (QED) is 0.912. The number of primary amides is 1. The summed E-state index contributed by atoms with van der Waals surface area (Å²) in [6, 6.07) is 18.4. The van der Waals surface area contributed by atoms with Crippen molar-refractivity contribution in [1.82, 2.24) is 4.90 Å². The van der Waals surface area contributed by atoms with E-state index < -0.39 is 6.04 Å². The van der Waals surface area contributed by atoms with E-state index in [4.69, 9.17) is 11.0 Å². The number of likely N-dealkylation sites (N-methyl/N-ethyl adjacent to an activating group) is 1. The molecule has 1 amide bonds. The number of nitrogens with zero attached hydrogens (tertiary/aromatic N) is 2. The summed E-state index contributed by atoms with van der Waals surface area (Å²) in [5.41, 5.74) is 8.07.